The van der Waals surface area contributed by atoms with E-state index in [1.807, 2.05) is 49.4 Å². The molecular weight excluding hydrogens is 394 g/mol. The summed E-state index contributed by atoms with van der Waals surface area (Å²) in [7, 11) is 1.56. The summed E-state index contributed by atoms with van der Waals surface area (Å²) in [4.78, 5) is 24.7. The van der Waals surface area contributed by atoms with Crippen LogP contribution in [0.15, 0.2) is 42.5 Å². The molecular formula is C24H29N3O4. The van der Waals surface area contributed by atoms with E-state index >= 15 is 0 Å². The van der Waals surface area contributed by atoms with Gasteiger partial charge >= 0.3 is 0 Å². The van der Waals surface area contributed by atoms with Crippen molar-refractivity contribution in [3.8, 4) is 22.9 Å². The van der Waals surface area contributed by atoms with Crippen LogP contribution >= 0.6 is 0 Å². The van der Waals surface area contributed by atoms with Crippen molar-refractivity contribution in [2.75, 3.05) is 38.3 Å². The number of ether oxygens (including phenoxy) is 2. The highest BCUT2D eigenvalue weighted by Gasteiger charge is 2.13. The Kier molecular flexibility index (Phi) is 10.1. The van der Waals surface area contributed by atoms with E-state index in [0.29, 0.717) is 44.2 Å². The Bertz CT molecular complexity index is 891. The molecule has 0 radical (unpaired) electrons. The van der Waals surface area contributed by atoms with Crippen LogP contribution < -0.4 is 15.0 Å². The van der Waals surface area contributed by atoms with Crippen LogP contribution in [0.1, 0.15) is 25.3 Å². The van der Waals surface area contributed by atoms with Gasteiger partial charge in [0.1, 0.15) is 5.75 Å². The molecule has 2 aromatic carbocycles. The molecule has 0 heterocycles. The summed E-state index contributed by atoms with van der Waals surface area (Å²) in [6.45, 7) is 3.40. The fourth-order valence-electron chi connectivity index (χ4n) is 3.10. The second-order valence-electron chi connectivity index (χ2n) is 6.86. The maximum absolute atomic E-state index is 11.7. The van der Waals surface area contributed by atoms with Crippen LogP contribution in [0.3, 0.4) is 0 Å². The molecule has 0 saturated heterocycles. The minimum Gasteiger partial charge on any atom is -0.495 e. The highest BCUT2D eigenvalue weighted by atomic mass is 16.5. The average Bonchev–Trinajstić information content (AvgIpc) is 2.80. The van der Waals surface area contributed by atoms with Gasteiger partial charge in [-0.15, -0.1) is 0 Å². The van der Waals surface area contributed by atoms with Crippen molar-refractivity contribution in [2.24, 2.45) is 0 Å². The summed E-state index contributed by atoms with van der Waals surface area (Å²) in [5.74, 6) is 0.534. The number of hydrogen-bond donors (Lipinski definition) is 1. The van der Waals surface area contributed by atoms with Gasteiger partial charge in [0.25, 0.3) is 0 Å². The third kappa shape index (κ3) is 7.43. The largest absolute Gasteiger partial charge is 0.495 e. The van der Waals surface area contributed by atoms with Crippen LogP contribution in [0.2, 0.25) is 0 Å². The second-order valence-corrected chi connectivity index (χ2v) is 6.86. The quantitative estimate of drug-likeness (QED) is 0.394. The molecule has 31 heavy (non-hydrogen) atoms. The van der Waals surface area contributed by atoms with Crippen LogP contribution in [0.4, 0.5) is 5.69 Å². The molecule has 0 saturated carbocycles. The number of amides is 2. The summed E-state index contributed by atoms with van der Waals surface area (Å²) < 4.78 is 11.0. The molecule has 2 rings (SSSR count). The Balaban J connectivity index is 2.06. The maximum Gasteiger partial charge on any atom is 0.222 e. The lowest BCUT2D eigenvalue weighted by Crippen LogP contribution is -2.27. The molecule has 0 aliphatic rings. The number of methoxy groups -OCH3 is 1. The Morgan fingerprint density at radius 2 is 1.90 bits per heavy atom. The smallest absolute Gasteiger partial charge is 0.222 e. The van der Waals surface area contributed by atoms with E-state index in [2.05, 4.69) is 11.4 Å². The fraction of sp³-hybridized carbons (Fsp3) is 0.375. The normalized spacial score (nSPS) is 10.2. The van der Waals surface area contributed by atoms with Crippen molar-refractivity contribution in [1.82, 2.24) is 5.32 Å². The second kappa shape index (κ2) is 13.0. The van der Waals surface area contributed by atoms with Crippen molar-refractivity contribution in [3.63, 3.8) is 0 Å². The van der Waals surface area contributed by atoms with Gasteiger partial charge in [-0.1, -0.05) is 30.3 Å². The zero-order valence-corrected chi connectivity index (χ0v) is 18.1. The molecule has 0 bridgehead atoms. The van der Waals surface area contributed by atoms with E-state index in [0.717, 1.165) is 29.5 Å². The van der Waals surface area contributed by atoms with E-state index in [-0.39, 0.29) is 12.3 Å². The van der Waals surface area contributed by atoms with Gasteiger partial charge in [0.2, 0.25) is 12.3 Å². The van der Waals surface area contributed by atoms with Gasteiger partial charge < -0.3 is 19.7 Å². The number of nitriles is 1. The van der Waals surface area contributed by atoms with Crippen molar-refractivity contribution >= 4 is 18.0 Å². The third-order valence-electron chi connectivity index (χ3n) is 4.75. The van der Waals surface area contributed by atoms with Crippen LogP contribution in [0, 0.1) is 11.3 Å². The van der Waals surface area contributed by atoms with E-state index in [1.54, 1.807) is 7.11 Å². The van der Waals surface area contributed by atoms with Gasteiger partial charge in [0.05, 0.1) is 32.1 Å². The first-order valence-corrected chi connectivity index (χ1v) is 10.3. The van der Waals surface area contributed by atoms with Gasteiger partial charge in [0, 0.05) is 25.9 Å². The van der Waals surface area contributed by atoms with Crippen LogP contribution in [0.5, 0.6) is 5.75 Å². The SMILES string of the molecule is CCNC(=O)CCOCCN(C=O)c1cc(-c2ccc(CCC#N)cc2)ccc1OC. The molecule has 0 aliphatic heterocycles. The molecule has 2 aromatic rings. The molecule has 0 spiro atoms. The van der Waals surface area contributed by atoms with Gasteiger partial charge in [-0.2, -0.15) is 5.26 Å². The molecule has 7 nitrogen and oxygen atoms in total. The monoisotopic (exact) mass is 423 g/mol. The zero-order valence-electron chi connectivity index (χ0n) is 18.1. The fourth-order valence-corrected chi connectivity index (χ4v) is 3.10. The zero-order chi connectivity index (χ0) is 22.5. The van der Waals surface area contributed by atoms with Crippen molar-refractivity contribution in [2.45, 2.75) is 26.2 Å². The predicted octanol–water partition coefficient (Wildman–Crippen LogP) is 3.32. The van der Waals surface area contributed by atoms with Crippen molar-refractivity contribution in [1.29, 1.82) is 5.26 Å². The van der Waals surface area contributed by atoms with Crippen LogP contribution in [-0.2, 0) is 20.7 Å². The third-order valence-corrected chi connectivity index (χ3v) is 4.75. The Hall–Kier alpha value is -3.37. The molecule has 164 valence electrons. The van der Waals surface area contributed by atoms with E-state index in [4.69, 9.17) is 14.7 Å². The van der Waals surface area contributed by atoms with E-state index < -0.39 is 0 Å². The lowest BCUT2D eigenvalue weighted by Gasteiger charge is -2.21. The average molecular weight is 424 g/mol. The molecule has 0 unspecified atom stereocenters. The van der Waals surface area contributed by atoms with Gasteiger partial charge in [-0.05, 0) is 42.2 Å². The minimum atomic E-state index is -0.0530. The lowest BCUT2D eigenvalue weighted by atomic mass is 10.0. The number of benzene rings is 2. The maximum atomic E-state index is 11.7. The van der Waals surface area contributed by atoms with E-state index in [1.165, 1.54) is 4.90 Å². The molecule has 7 heteroatoms. The summed E-state index contributed by atoms with van der Waals surface area (Å²) in [6, 6.07) is 15.9. The van der Waals surface area contributed by atoms with Crippen LogP contribution in [-0.4, -0.2) is 45.7 Å². The first-order chi connectivity index (χ1) is 15.1. The topological polar surface area (TPSA) is 91.7 Å². The summed E-state index contributed by atoms with van der Waals surface area (Å²) >= 11 is 0. The highest BCUT2D eigenvalue weighted by Crippen LogP contribution is 2.33. The molecule has 0 aromatic heterocycles. The van der Waals surface area contributed by atoms with Crippen molar-refractivity contribution in [3.05, 3.63) is 48.0 Å². The van der Waals surface area contributed by atoms with Crippen molar-refractivity contribution < 1.29 is 19.1 Å². The van der Waals surface area contributed by atoms with Crippen LogP contribution in [0.25, 0.3) is 11.1 Å². The van der Waals surface area contributed by atoms with Gasteiger partial charge in [-0.3, -0.25) is 9.59 Å². The number of rotatable bonds is 13. The Labute approximate surface area is 183 Å². The Morgan fingerprint density at radius 3 is 2.55 bits per heavy atom. The number of carbonyl (C=O) groups is 2. The highest BCUT2D eigenvalue weighted by molar-refractivity contribution is 5.82. The number of anilines is 1. The number of nitrogens with zero attached hydrogens (tertiary/aromatic N) is 2. The molecule has 0 aliphatic carbocycles. The predicted molar refractivity (Wildman–Crippen MR) is 120 cm³/mol. The number of aryl methyl sites for hydroxylation is 1. The number of nitrogens with one attached hydrogen (secondary N) is 1. The minimum absolute atomic E-state index is 0.0530. The summed E-state index contributed by atoms with van der Waals surface area (Å²) in [5, 5.41) is 11.4. The van der Waals surface area contributed by atoms with Gasteiger partial charge in [-0.25, -0.2) is 0 Å². The molecule has 0 atom stereocenters. The Morgan fingerprint density at radius 1 is 1.16 bits per heavy atom. The summed E-state index contributed by atoms with van der Waals surface area (Å²) in [5.41, 5.74) is 3.72. The number of carbonyl (C=O) groups excluding carboxylic acids is 2. The first kappa shape index (κ1) is 23.9. The lowest BCUT2D eigenvalue weighted by molar-refractivity contribution is -0.122. The van der Waals surface area contributed by atoms with E-state index in [9.17, 15) is 9.59 Å². The standard InChI is InChI=1S/C24H29N3O4/c1-3-26-24(29)12-15-31-16-14-27(18-28)22-17-21(10-11-23(22)30-2)20-8-6-19(7-9-20)5-4-13-25/h6-11,17-18H,3-5,12,14-16H2,1-2H3,(H,26,29). The van der Waals surface area contributed by atoms with Gasteiger partial charge in [0.15, 0.2) is 0 Å². The summed E-state index contributed by atoms with van der Waals surface area (Å²) in [6.07, 6.45) is 2.26. The molecule has 1 N–H and O–H groups in total. The number of hydrogen-bond acceptors (Lipinski definition) is 5. The molecule has 2 amide bonds. The first-order valence-electron chi connectivity index (χ1n) is 10.3. The molecule has 0 fully saturated rings.